The largest absolute Gasteiger partial charge is 0.434 e. The molecule has 0 saturated heterocycles. The zero-order valence-electron chi connectivity index (χ0n) is 10.4. The van der Waals surface area contributed by atoms with Gasteiger partial charge in [-0.1, -0.05) is 28.1 Å². The summed E-state index contributed by atoms with van der Waals surface area (Å²) in [7, 11) is 1.56. The summed E-state index contributed by atoms with van der Waals surface area (Å²) in [5.41, 5.74) is 1.94. The van der Waals surface area contributed by atoms with Crippen LogP contribution >= 0.6 is 15.9 Å². The first-order valence-electron chi connectivity index (χ1n) is 5.59. The first-order chi connectivity index (χ1) is 8.82. The maximum atomic E-state index is 12.6. The van der Waals surface area contributed by atoms with Gasteiger partial charge in [0.2, 0.25) is 0 Å². The van der Waals surface area contributed by atoms with Crippen LogP contribution in [0.2, 0.25) is 0 Å². The SMILES string of the molecule is Cc1cc(-c2nc(C(F)(F)F)cn2C)ccc1CBr. The minimum absolute atomic E-state index is 0.316. The van der Waals surface area contributed by atoms with Gasteiger partial charge in [-0.25, -0.2) is 4.98 Å². The van der Waals surface area contributed by atoms with E-state index in [0.29, 0.717) is 16.7 Å². The van der Waals surface area contributed by atoms with Crippen LogP contribution < -0.4 is 0 Å². The van der Waals surface area contributed by atoms with E-state index in [-0.39, 0.29) is 0 Å². The molecule has 0 amide bonds. The molecular weight excluding hydrogens is 321 g/mol. The first kappa shape index (κ1) is 14.1. The van der Waals surface area contributed by atoms with E-state index >= 15 is 0 Å². The van der Waals surface area contributed by atoms with Crippen molar-refractivity contribution in [1.82, 2.24) is 9.55 Å². The molecule has 0 spiro atoms. The minimum Gasteiger partial charge on any atom is -0.333 e. The molecule has 0 unspecified atom stereocenters. The Morgan fingerprint density at radius 3 is 2.47 bits per heavy atom. The van der Waals surface area contributed by atoms with Crippen LogP contribution in [0.1, 0.15) is 16.8 Å². The number of hydrogen-bond donors (Lipinski definition) is 0. The Kier molecular flexibility index (Phi) is 3.71. The fourth-order valence-electron chi connectivity index (χ4n) is 1.86. The van der Waals surface area contributed by atoms with Gasteiger partial charge < -0.3 is 4.57 Å². The number of rotatable bonds is 2. The fraction of sp³-hybridized carbons (Fsp3) is 0.308. The second-order valence-corrected chi connectivity index (χ2v) is 4.89. The number of nitrogens with zero attached hydrogens (tertiary/aromatic N) is 2. The van der Waals surface area contributed by atoms with Gasteiger partial charge in [0.15, 0.2) is 5.69 Å². The molecule has 2 rings (SSSR count). The second-order valence-electron chi connectivity index (χ2n) is 4.33. The summed E-state index contributed by atoms with van der Waals surface area (Å²) in [5.74, 6) is 0.316. The zero-order chi connectivity index (χ0) is 14.2. The summed E-state index contributed by atoms with van der Waals surface area (Å²) in [6.07, 6.45) is -3.41. The van der Waals surface area contributed by atoms with Gasteiger partial charge in [-0.05, 0) is 24.1 Å². The van der Waals surface area contributed by atoms with Gasteiger partial charge >= 0.3 is 6.18 Å². The average molecular weight is 333 g/mol. The van der Waals surface area contributed by atoms with Crippen molar-refractivity contribution in [2.24, 2.45) is 7.05 Å². The molecule has 1 aromatic heterocycles. The van der Waals surface area contributed by atoms with Crippen molar-refractivity contribution < 1.29 is 13.2 Å². The molecular formula is C13H12BrF3N2. The van der Waals surface area contributed by atoms with Crippen LogP contribution in [-0.2, 0) is 18.6 Å². The van der Waals surface area contributed by atoms with Crippen LogP contribution in [0, 0.1) is 6.92 Å². The van der Waals surface area contributed by atoms with Gasteiger partial charge in [-0.2, -0.15) is 13.2 Å². The summed E-state index contributed by atoms with van der Waals surface area (Å²) in [5, 5.41) is 0.716. The lowest BCUT2D eigenvalue weighted by Crippen LogP contribution is -2.04. The molecule has 2 nitrogen and oxygen atoms in total. The van der Waals surface area contributed by atoms with E-state index in [2.05, 4.69) is 20.9 Å². The van der Waals surface area contributed by atoms with Crippen molar-refractivity contribution in [2.45, 2.75) is 18.4 Å². The molecule has 0 aliphatic heterocycles. The molecule has 0 N–H and O–H groups in total. The molecule has 0 aliphatic carbocycles. The highest BCUT2D eigenvalue weighted by molar-refractivity contribution is 9.08. The summed E-state index contributed by atoms with van der Waals surface area (Å²) in [4.78, 5) is 3.67. The van der Waals surface area contributed by atoms with Crippen molar-refractivity contribution >= 4 is 15.9 Å². The van der Waals surface area contributed by atoms with Crippen LogP contribution in [0.15, 0.2) is 24.4 Å². The predicted molar refractivity (Wildman–Crippen MR) is 71.0 cm³/mol. The van der Waals surface area contributed by atoms with Crippen molar-refractivity contribution in [3.8, 4) is 11.4 Å². The Bertz CT molecular complexity index is 602. The highest BCUT2D eigenvalue weighted by Gasteiger charge is 2.34. The standard InChI is InChI=1S/C13H12BrF3N2/c1-8-5-9(3-4-10(8)6-14)12-18-11(7-19(12)2)13(15,16)17/h3-5,7H,6H2,1-2H3. The third kappa shape index (κ3) is 2.83. The average Bonchev–Trinajstić information content (AvgIpc) is 2.71. The third-order valence-corrected chi connectivity index (χ3v) is 3.52. The number of imidazole rings is 1. The number of halogens is 4. The Hall–Kier alpha value is -1.30. The van der Waals surface area contributed by atoms with E-state index in [9.17, 15) is 13.2 Å². The number of benzene rings is 1. The Balaban J connectivity index is 2.48. The molecule has 0 atom stereocenters. The molecule has 2 aromatic rings. The van der Waals surface area contributed by atoms with Gasteiger partial charge in [0.05, 0.1) is 0 Å². The summed E-state index contributed by atoms with van der Waals surface area (Å²) in [6.45, 7) is 1.92. The van der Waals surface area contributed by atoms with E-state index in [4.69, 9.17) is 0 Å². The van der Waals surface area contributed by atoms with Gasteiger partial charge in [0, 0.05) is 24.1 Å². The van der Waals surface area contributed by atoms with E-state index in [1.165, 1.54) is 4.57 Å². The molecule has 6 heteroatoms. The van der Waals surface area contributed by atoms with E-state index in [1.807, 2.05) is 19.1 Å². The van der Waals surface area contributed by atoms with Crippen molar-refractivity contribution in [2.75, 3.05) is 0 Å². The van der Waals surface area contributed by atoms with Crippen LogP contribution in [0.3, 0.4) is 0 Å². The number of aromatic nitrogens is 2. The topological polar surface area (TPSA) is 17.8 Å². The summed E-state index contributed by atoms with van der Waals surface area (Å²) in [6, 6.07) is 5.52. The summed E-state index contributed by atoms with van der Waals surface area (Å²) < 4.78 is 39.2. The molecule has 0 saturated carbocycles. The lowest BCUT2D eigenvalue weighted by molar-refractivity contribution is -0.140. The summed E-state index contributed by atoms with van der Waals surface area (Å²) >= 11 is 3.36. The lowest BCUT2D eigenvalue weighted by atomic mass is 10.1. The minimum atomic E-state index is -4.42. The quantitative estimate of drug-likeness (QED) is 0.749. The van der Waals surface area contributed by atoms with Crippen molar-refractivity contribution in [3.05, 3.63) is 41.2 Å². The van der Waals surface area contributed by atoms with E-state index in [1.54, 1.807) is 13.1 Å². The molecule has 1 heterocycles. The van der Waals surface area contributed by atoms with Crippen molar-refractivity contribution in [1.29, 1.82) is 0 Å². The molecule has 0 radical (unpaired) electrons. The fourth-order valence-corrected chi connectivity index (χ4v) is 2.49. The van der Waals surface area contributed by atoms with E-state index < -0.39 is 11.9 Å². The molecule has 19 heavy (non-hydrogen) atoms. The van der Waals surface area contributed by atoms with Gasteiger partial charge in [-0.3, -0.25) is 0 Å². The number of aryl methyl sites for hydroxylation is 2. The van der Waals surface area contributed by atoms with Crippen LogP contribution in [0.4, 0.5) is 13.2 Å². The smallest absolute Gasteiger partial charge is 0.333 e. The Morgan fingerprint density at radius 2 is 2.00 bits per heavy atom. The zero-order valence-corrected chi connectivity index (χ0v) is 12.0. The maximum Gasteiger partial charge on any atom is 0.434 e. The Labute approximate surface area is 117 Å². The second kappa shape index (κ2) is 5.00. The van der Waals surface area contributed by atoms with Gasteiger partial charge in [0.1, 0.15) is 5.82 Å². The van der Waals surface area contributed by atoms with Crippen LogP contribution in [0.5, 0.6) is 0 Å². The molecule has 1 aromatic carbocycles. The monoisotopic (exact) mass is 332 g/mol. The highest BCUT2D eigenvalue weighted by Crippen LogP contribution is 2.31. The van der Waals surface area contributed by atoms with Crippen molar-refractivity contribution in [3.63, 3.8) is 0 Å². The Morgan fingerprint density at radius 1 is 1.32 bits per heavy atom. The number of hydrogen-bond acceptors (Lipinski definition) is 1. The molecule has 102 valence electrons. The number of alkyl halides is 4. The maximum absolute atomic E-state index is 12.6. The molecule has 0 bridgehead atoms. The van der Waals surface area contributed by atoms with Crippen LogP contribution in [-0.4, -0.2) is 9.55 Å². The molecule has 0 aliphatic rings. The van der Waals surface area contributed by atoms with Gasteiger partial charge in [-0.15, -0.1) is 0 Å². The lowest BCUT2D eigenvalue weighted by Gasteiger charge is -2.06. The first-order valence-corrected chi connectivity index (χ1v) is 6.71. The van der Waals surface area contributed by atoms with E-state index in [0.717, 1.165) is 17.3 Å². The highest BCUT2D eigenvalue weighted by atomic mass is 79.9. The predicted octanol–water partition coefficient (Wildman–Crippen LogP) is 4.31. The normalized spacial score (nSPS) is 11.9. The van der Waals surface area contributed by atoms with Gasteiger partial charge in [0.25, 0.3) is 0 Å². The third-order valence-electron chi connectivity index (χ3n) is 2.91. The van der Waals surface area contributed by atoms with Crippen LogP contribution in [0.25, 0.3) is 11.4 Å². The molecule has 0 fully saturated rings.